The van der Waals surface area contributed by atoms with E-state index in [9.17, 15) is 0 Å². The van der Waals surface area contributed by atoms with Crippen LogP contribution < -0.4 is 50.8 Å². The fraction of sp³-hybridized carbons (Fsp3) is 0.105. The van der Waals surface area contributed by atoms with E-state index < -0.39 is 15.8 Å². The number of hydrogen-bond donors (Lipinski definition) is 0. The molecule has 4 nitrogen and oxygen atoms in total. The summed E-state index contributed by atoms with van der Waals surface area (Å²) in [6.07, 6.45) is 0. The number of rotatable bonds is 10. The third kappa shape index (κ3) is 7.88. The Morgan fingerprint density at radius 3 is 1.09 bits per heavy atom. The third-order valence-corrected chi connectivity index (χ3v) is 12.1. The Morgan fingerprint density at radius 2 is 0.756 bits per heavy atom. The molecule has 0 spiro atoms. The summed E-state index contributed by atoms with van der Waals surface area (Å²) in [5.74, 6) is 3.67. The Labute approximate surface area is 279 Å². The van der Waals surface area contributed by atoms with E-state index in [1.807, 2.05) is 48.5 Å². The van der Waals surface area contributed by atoms with Crippen molar-refractivity contribution in [3.63, 3.8) is 0 Å². The van der Waals surface area contributed by atoms with Crippen molar-refractivity contribution >= 4 is 47.7 Å². The molecule has 0 heterocycles. The van der Waals surface area contributed by atoms with Crippen LogP contribution in [0.1, 0.15) is 0 Å². The van der Waals surface area contributed by atoms with E-state index in [4.69, 9.17) is 18.9 Å². The van der Waals surface area contributed by atoms with Crippen LogP contribution in [0.15, 0.2) is 146 Å². The molecule has 0 radical (unpaired) electrons. The molecule has 7 heteroatoms. The maximum Gasteiger partial charge on any atom is 0.126 e. The van der Waals surface area contributed by atoms with Gasteiger partial charge in [0.1, 0.15) is 23.0 Å². The van der Waals surface area contributed by atoms with Crippen LogP contribution in [0.2, 0.25) is 0 Å². The Morgan fingerprint density at radius 1 is 0.444 bits per heavy atom. The quantitative estimate of drug-likeness (QED) is 0.0964. The van der Waals surface area contributed by atoms with E-state index in [1.165, 1.54) is 31.8 Å². The molecule has 0 aromatic heterocycles. The van der Waals surface area contributed by atoms with Crippen molar-refractivity contribution in [3.8, 4) is 23.0 Å². The summed E-state index contributed by atoms with van der Waals surface area (Å²) in [5, 5.41) is 7.41. The average molecular weight is 674 g/mol. The molecule has 45 heavy (non-hydrogen) atoms. The van der Waals surface area contributed by atoms with Crippen molar-refractivity contribution in [2.24, 2.45) is 0 Å². The first kappa shape index (κ1) is 34.0. The molecule has 6 rings (SSSR count). The molecule has 0 aliphatic heterocycles. The number of ether oxygens (including phenoxy) is 4. The molecule has 0 fully saturated rings. The predicted molar refractivity (Wildman–Crippen MR) is 188 cm³/mol. The van der Waals surface area contributed by atoms with Gasteiger partial charge in [-0.05, 0) is 34.9 Å². The SMILES string of the molecule is COc1ccccc1P(c1ccccc1OC)[c-]1[cH-][cH-][cH-][cH-]1.COc1ccccc1P(c1ccccc1OC)[c-]1cccc1.[Fe]. The molecule has 6 aromatic rings. The van der Waals surface area contributed by atoms with Gasteiger partial charge in [-0.1, -0.05) is 80.7 Å². The largest absolute Gasteiger partial charge is 0.747 e. The normalized spacial score (nSPS) is 10.4. The Bertz CT molecular complexity index is 1510. The summed E-state index contributed by atoms with van der Waals surface area (Å²) in [5.41, 5.74) is 0. The average Bonchev–Trinajstić information content (AvgIpc) is 3.82. The van der Waals surface area contributed by atoms with Crippen LogP contribution in [-0.2, 0) is 17.1 Å². The van der Waals surface area contributed by atoms with Gasteiger partial charge in [-0.25, -0.2) is 20.1 Å². The van der Waals surface area contributed by atoms with Crippen LogP contribution in [0, 0.1) is 0 Å². The van der Waals surface area contributed by atoms with Gasteiger partial charge in [0, 0.05) is 27.7 Å². The van der Waals surface area contributed by atoms with E-state index >= 15 is 0 Å². The monoisotopic (exact) mass is 674 g/mol. The molecule has 0 saturated heterocycles. The molecule has 0 bridgehead atoms. The van der Waals surface area contributed by atoms with E-state index in [1.54, 1.807) is 28.4 Å². The van der Waals surface area contributed by atoms with Crippen molar-refractivity contribution in [1.82, 2.24) is 0 Å². The maximum atomic E-state index is 5.59. The molecular formula is C38H36FeO4P2-6. The number of benzene rings is 4. The van der Waals surface area contributed by atoms with Crippen LogP contribution in [0.4, 0.5) is 0 Å². The second kappa shape index (κ2) is 17.0. The zero-order chi connectivity index (χ0) is 30.7. The summed E-state index contributed by atoms with van der Waals surface area (Å²) in [4.78, 5) is 0. The van der Waals surface area contributed by atoms with Gasteiger partial charge >= 0.3 is 0 Å². The third-order valence-electron chi connectivity index (χ3n) is 7.11. The molecule has 0 saturated carbocycles. The molecule has 0 unspecified atom stereocenters. The number of methoxy groups -OCH3 is 4. The minimum absolute atomic E-state index is 0. The second-order valence-electron chi connectivity index (χ2n) is 9.64. The van der Waals surface area contributed by atoms with Gasteiger partial charge in [0.2, 0.25) is 0 Å². The molecule has 0 atom stereocenters. The van der Waals surface area contributed by atoms with Gasteiger partial charge in [-0.15, -0.1) is 5.30 Å². The van der Waals surface area contributed by atoms with E-state index in [0.29, 0.717) is 0 Å². The zero-order valence-corrected chi connectivity index (χ0v) is 28.6. The summed E-state index contributed by atoms with van der Waals surface area (Å²) in [7, 11) is 5.46. The van der Waals surface area contributed by atoms with Crippen LogP contribution in [0.5, 0.6) is 23.0 Å². The number of para-hydroxylation sites is 4. The number of hydrogen-bond acceptors (Lipinski definition) is 4. The first-order valence-corrected chi connectivity index (χ1v) is 16.9. The van der Waals surface area contributed by atoms with Gasteiger partial charge < -0.3 is 48.5 Å². The molecule has 6 aromatic carbocycles. The Hall–Kier alpha value is -3.84. The fourth-order valence-electron chi connectivity index (χ4n) is 5.10. The van der Waals surface area contributed by atoms with Gasteiger partial charge in [0.25, 0.3) is 0 Å². The molecular weight excluding hydrogens is 638 g/mol. The van der Waals surface area contributed by atoms with Gasteiger partial charge in [-0.2, -0.15) is 12.1 Å². The maximum absolute atomic E-state index is 5.59. The smallest absolute Gasteiger partial charge is 0.126 e. The van der Waals surface area contributed by atoms with Crippen molar-refractivity contribution in [1.29, 1.82) is 0 Å². The minimum atomic E-state index is -0.712. The van der Waals surface area contributed by atoms with Crippen LogP contribution >= 0.6 is 15.8 Å². The first-order valence-electron chi connectivity index (χ1n) is 14.3. The molecule has 0 amide bonds. The Kier molecular flexibility index (Phi) is 12.9. The van der Waals surface area contributed by atoms with Crippen LogP contribution in [0.3, 0.4) is 0 Å². The summed E-state index contributed by atoms with van der Waals surface area (Å²) >= 11 is 0. The van der Waals surface area contributed by atoms with Crippen molar-refractivity contribution in [2.45, 2.75) is 0 Å². The van der Waals surface area contributed by atoms with E-state index in [-0.39, 0.29) is 17.1 Å². The second-order valence-corrected chi connectivity index (χ2v) is 13.9. The molecule has 0 N–H and O–H groups in total. The van der Waals surface area contributed by atoms with Gasteiger partial charge in [0.15, 0.2) is 0 Å². The van der Waals surface area contributed by atoms with Gasteiger partial charge in [-0.3, -0.25) is 0 Å². The first-order chi connectivity index (χ1) is 21.7. The fourth-order valence-corrected chi connectivity index (χ4v) is 10.2. The minimum Gasteiger partial charge on any atom is -0.747 e. The van der Waals surface area contributed by atoms with Crippen LogP contribution in [-0.4, -0.2) is 28.4 Å². The summed E-state index contributed by atoms with van der Waals surface area (Å²) in [6.45, 7) is 0. The van der Waals surface area contributed by atoms with Crippen molar-refractivity contribution in [2.75, 3.05) is 28.4 Å². The molecule has 0 aliphatic carbocycles. The Balaban J connectivity index is 0.000000200. The molecule has 236 valence electrons. The predicted octanol–water partition coefficient (Wildman–Crippen LogP) is 6.36. The topological polar surface area (TPSA) is 36.9 Å². The van der Waals surface area contributed by atoms with E-state index in [0.717, 1.165) is 23.0 Å². The summed E-state index contributed by atoms with van der Waals surface area (Å²) < 4.78 is 22.4. The van der Waals surface area contributed by atoms with Gasteiger partial charge in [0.05, 0.1) is 28.4 Å². The zero-order valence-electron chi connectivity index (χ0n) is 25.7. The standard InChI is InChI=1S/2C19H18O2P.Fe/c2*1-20-16-11-5-7-13-18(16)22(15-9-3-4-10-15)19-14-8-6-12-17(19)21-2;/h2*3-14H,1-2H3;/q-5;-1;. The van der Waals surface area contributed by atoms with Crippen molar-refractivity contribution < 1.29 is 36.0 Å². The van der Waals surface area contributed by atoms with E-state index in [2.05, 4.69) is 97.1 Å². The molecule has 0 aliphatic rings. The summed E-state index contributed by atoms with van der Waals surface area (Å²) in [6, 6.07) is 49.9. The van der Waals surface area contributed by atoms with Crippen molar-refractivity contribution in [3.05, 3.63) is 146 Å². The van der Waals surface area contributed by atoms with Crippen LogP contribution in [0.25, 0.3) is 0 Å².